The van der Waals surface area contributed by atoms with Gasteiger partial charge in [0.1, 0.15) is 0 Å². The summed E-state index contributed by atoms with van der Waals surface area (Å²) < 4.78 is 0. The summed E-state index contributed by atoms with van der Waals surface area (Å²) in [7, 11) is 0. The zero-order valence-corrected chi connectivity index (χ0v) is 11.6. The van der Waals surface area contributed by atoms with Gasteiger partial charge in [0.05, 0.1) is 12.1 Å². The van der Waals surface area contributed by atoms with Crippen LogP contribution >= 0.6 is 0 Å². The lowest BCUT2D eigenvalue weighted by Gasteiger charge is -2.26. The Kier molecular flexibility index (Phi) is 6.12. The molecule has 0 aromatic carbocycles. The number of nitrogens with one attached hydrogen (secondary N) is 3. The Morgan fingerprint density at radius 3 is 2.83 bits per heavy atom. The standard InChI is InChI=1S/C13H25N3O2/c1-4-6-9(2)15-12(17)10(3)16-11-7-5-8-14-13(11)18/h9-11,16H,4-8H2,1-3H3,(H,14,18)(H,15,17). The average Bonchev–Trinajstić information content (AvgIpc) is 2.32. The van der Waals surface area contributed by atoms with Crippen LogP contribution in [0.15, 0.2) is 0 Å². The van der Waals surface area contributed by atoms with Gasteiger partial charge in [-0.15, -0.1) is 0 Å². The Labute approximate surface area is 109 Å². The van der Waals surface area contributed by atoms with Crippen molar-refractivity contribution in [3.8, 4) is 0 Å². The lowest BCUT2D eigenvalue weighted by atomic mass is 10.1. The van der Waals surface area contributed by atoms with Gasteiger partial charge in [0, 0.05) is 12.6 Å². The summed E-state index contributed by atoms with van der Waals surface area (Å²) in [5.74, 6) is -0.0307. The van der Waals surface area contributed by atoms with Crippen LogP contribution in [0.4, 0.5) is 0 Å². The second kappa shape index (κ2) is 7.36. The van der Waals surface area contributed by atoms with Crippen molar-refractivity contribution in [2.75, 3.05) is 6.54 Å². The van der Waals surface area contributed by atoms with E-state index in [9.17, 15) is 9.59 Å². The first kappa shape index (κ1) is 15.0. The van der Waals surface area contributed by atoms with Crippen molar-refractivity contribution in [2.45, 2.75) is 64.6 Å². The molecule has 1 aliphatic heterocycles. The van der Waals surface area contributed by atoms with Gasteiger partial charge in [-0.25, -0.2) is 0 Å². The smallest absolute Gasteiger partial charge is 0.237 e. The third-order valence-electron chi connectivity index (χ3n) is 3.24. The molecule has 1 fully saturated rings. The maximum atomic E-state index is 11.9. The van der Waals surface area contributed by atoms with Crippen molar-refractivity contribution in [1.29, 1.82) is 0 Å². The molecule has 3 unspecified atom stereocenters. The Hall–Kier alpha value is -1.10. The van der Waals surface area contributed by atoms with Gasteiger partial charge in [-0.2, -0.15) is 0 Å². The summed E-state index contributed by atoms with van der Waals surface area (Å²) in [5.41, 5.74) is 0. The molecular weight excluding hydrogens is 230 g/mol. The Morgan fingerprint density at radius 2 is 2.22 bits per heavy atom. The molecule has 0 radical (unpaired) electrons. The van der Waals surface area contributed by atoms with Crippen LogP contribution in [0.3, 0.4) is 0 Å². The van der Waals surface area contributed by atoms with E-state index in [4.69, 9.17) is 0 Å². The monoisotopic (exact) mass is 255 g/mol. The Bertz CT molecular complexity index is 294. The Morgan fingerprint density at radius 1 is 1.50 bits per heavy atom. The van der Waals surface area contributed by atoms with Gasteiger partial charge in [-0.1, -0.05) is 13.3 Å². The van der Waals surface area contributed by atoms with Gasteiger partial charge in [-0.05, 0) is 33.1 Å². The SMILES string of the molecule is CCCC(C)NC(=O)C(C)NC1CCCNC1=O. The van der Waals surface area contributed by atoms with Crippen molar-refractivity contribution in [3.05, 3.63) is 0 Å². The molecule has 18 heavy (non-hydrogen) atoms. The van der Waals surface area contributed by atoms with Gasteiger partial charge < -0.3 is 10.6 Å². The van der Waals surface area contributed by atoms with E-state index >= 15 is 0 Å². The van der Waals surface area contributed by atoms with Crippen LogP contribution in [0.1, 0.15) is 46.5 Å². The third-order valence-corrected chi connectivity index (χ3v) is 3.24. The number of carbonyl (C=O) groups excluding carboxylic acids is 2. The zero-order valence-electron chi connectivity index (χ0n) is 11.6. The summed E-state index contributed by atoms with van der Waals surface area (Å²) >= 11 is 0. The van der Waals surface area contributed by atoms with E-state index in [0.29, 0.717) is 0 Å². The fourth-order valence-corrected chi connectivity index (χ4v) is 2.18. The van der Waals surface area contributed by atoms with Gasteiger partial charge >= 0.3 is 0 Å². The number of piperidine rings is 1. The summed E-state index contributed by atoms with van der Waals surface area (Å²) in [6, 6.07) is -0.383. The number of amides is 2. The first-order valence-electron chi connectivity index (χ1n) is 6.88. The lowest BCUT2D eigenvalue weighted by Crippen LogP contribution is -2.55. The minimum absolute atomic E-state index is 0.00232. The summed E-state index contributed by atoms with van der Waals surface area (Å²) in [6.45, 7) is 6.64. The zero-order chi connectivity index (χ0) is 13.5. The molecule has 0 spiro atoms. The topological polar surface area (TPSA) is 70.2 Å². The number of hydrogen-bond acceptors (Lipinski definition) is 3. The predicted molar refractivity (Wildman–Crippen MR) is 71.1 cm³/mol. The first-order chi connectivity index (χ1) is 8.54. The minimum atomic E-state index is -0.335. The molecule has 0 aliphatic carbocycles. The van der Waals surface area contributed by atoms with Gasteiger partial charge in [0.25, 0.3) is 0 Å². The highest BCUT2D eigenvalue weighted by molar-refractivity contribution is 5.85. The maximum Gasteiger partial charge on any atom is 0.237 e. The van der Waals surface area contributed by atoms with E-state index < -0.39 is 0 Å². The van der Waals surface area contributed by atoms with Crippen LogP contribution in [-0.4, -0.2) is 36.5 Å². The fraction of sp³-hybridized carbons (Fsp3) is 0.846. The van der Waals surface area contributed by atoms with E-state index in [1.165, 1.54) is 0 Å². The molecule has 0 aromatic heterocycles. The second-order valence-corrected chi connectivity index (χ2v) is 5.07. The normalized spacial score (nSPS) is 23.1. The molecule has 3 atom stereocenters. The molecule has 1 saturated heterocycles. The third kappa shape index (κ3) is 4.64. The molecule has 3 N–H and O–H groups in total. The quantitative estimate of drug-likeness (QED) is 0.649. The van der Waals surface area contributed by atoms with Crippen molar-refractivity contribution >= 4 is 11.8 Å². The second-order valence-electron chi connectivity index (χ2n) is 5.07. The van der Waals surface area contributed by atoms with Gasteiger partial charge in [-0.3, -0.25) is 14.9 Å². The number of hydrogen-bond donors (Lipinski definition) is 3. The number of carbonyl (C=O) groups is 2. The molecule has 0 saturated carbocycles. The largest absolute Gasteiger partial charge is 0.355 e. The van der Waals surface area contributed by atoms with Crippen LogP contribution in [0.2, 0.25) is 0 Å². The van der Waals surface area contributed by atoms with Crippen LogP contribution < -0.4 is 16.0 Å². The van der Waals surface area contributed by atoms with Crippen molar-refractivity contribution in [2.24, 2.45) is 0 Å². The van der Waals surface area contributed by atoms with Gasteiger partial charge in [0.15, 0.2) is 0 Å². The summed E-state index contributed by atoms with van der Waals surface area (Å²) in [5, 5.41) is 8.85. The predicted octanol–water partition coefficient (Wildman–Crippen LogP) is 0.548. The molecule has 1 heterocycles. The first-order valence-corrected chi connectivity index (χ1v) is 6.88. The van der Waals surface area contributed by atoms with Gasteiger partial charge in [0.2, 0.25) is 11.8 Å². The van der Waals surface area contributed by atoms with E-state index in [0.717, 1.165) is 32.2 Å². The summed E-state index contributed by atoms with van der Waals surface area (Å²) in [6.07, 6.45) is 3.79. The highest BCUT2D eigenvalue weighted by Crippen LogP contribution is 2.04. The van der Waals surface area contributed by atoms with Crippen molar-refractivity contribution in [3.63, 3.8) is 0 Å². The lowest BCUT2D eigenvalue weighted by molar-refractivity contribution is -0.126. The molecule has 5 nitrogen and oxygen atoms in total. The van der Waals surface area contributed by atoms with Crippen molar-refractivity contribution in [1.82, 2.24) is 16.0 Å². The molecule has 0 aromatic rings. The van der Waals surface area contributed by atoms with E-state index in [-0.39, 0.29) is 29.9 Å². The van der Waals surface area contributed by atoms with Crippen LogP contribution in [-0.2, 0) is 9.59 Å². The molecule has 1 aliphatic rings. The number of rotatable bonds is 6. The molecule has 0 bridgehead atoms. The Balaban J connectivity index is 2.36. The molecular formula is C13H25N3O2. The summed E-state index contributed by atoms with van der Waals surface area (Å²) in [4.78, 5) is 23.5. The van der Waals surface area contributed by atoms with Crippen LogP contribution in [0.25, 0.3) is 0 Å². The van der Waals surface area contributed by atoms with Crippen LogP contribution in [0, 0.1) is 0 Å². The minimum Gasteiger partial charge on any atom is -0.355 e. The van der Waals surface area contributed by atoms with E-state index in [1.54, 1.807) is 6.92 Å². The van der Waals surface area contributed by atoms with Crippen molar-refractivity contribution < 1.29 is 9.59 Å². The van der Waals surface area contributed by atoms with E-state index in [2.05, 4.69) is 22.9 Å². The molecule has 5 heteroatoms. The molecule has 1 rings (SSSR count). The highest BCUT2D eigenvalue weighted by atomic mass is 16.2. The highest BCUT2D eigenvalue weighted by Gasteiger charge is 2.25. The molecule has 104 valence electrons. The fourth-order valence-electron chi connectivity index (χ4n) is 2.18. The molecule has 2 amide bonds. The van der Waals surface area contributed by atoms with Crippen LogP contribution in [0.5, 0.6) is 0 Å². The average molecular weight is 255 g/mol. The van der Waals surface area contributed by atoms with E-state index in [1.807, 2.05) is 6.92 Å². The maximum absolute atomic E-state index is 11.9.